The Bertz CT molecular complexity index is 23.1. The van der Waals surface area contributed by atoms with Crippen LogP contribution in [0.25, 0.3) is 0 Å². The molecule has 2 N–H and O–H groups in total. The minimum atomic E-state index is -2.76. The van der Waals surface area contributed by atoms with Crippen LogP contribution in [0.3, 0.4) is 0 Å². The van der Waals surface area contributed by atoms with E-state index in [4.69, 9.17) is 9.79 Å². The van der Waals surface area contributed by atoms with Crippen LogP contribution < -0.4 is 0 Å². The second-order valence-electron chi connectivity index (χ2n) is 0.456. The Morgan fingerprint density at radius 1 is 1.20 bits per heavy atom. The van der Waals surface area contributed by atoms with Gasteiger partial charge in [0.1, 0.15) is 0 Å². The lowest BCUT2D eigenvalue weighted by Crippen LogP contribution is -1.55. The van der Waals surface area contributed by atoms with Gasteiger partial charge in [-0.05, 0) is 0 Å². The van der Waals surface area contributed by atoms with Crippen molar-refractivity contribution in [3.05, 3.63) is 0 Å². The highest BCUT2D eigenvalue weighted by Crippen LogP contribution is 2.65. The molecule has 0 fully saturated rings. The van der Waals surface area contributed by atoms with Crippen LogP contribution in [0.5, 0.6) is 0 Å². The lowest BCUT2D eigenvalue weighted by atomic mass is 15.9. The minimum absolute atomic E-state index is 2.51. The largest absolute Gasteiger partial charge is 0.405 e. The van der Waals surface area contributed by atoms with Crippen LogP contribution >= 0.6 is 36.1 Å². The Morgan fingerprint density at radius 2 is 1.20 bits per heavy atom. The average molecular weight is 225 g/mol. The molecule has 0 aliphatic rings. The third-order valence-electron chi connectivity index (χ3n) is 0. The van der Waals surface area contributed by atoms with Gasteiger partial charge in [0.25, 0.3) is 0 Å². The first-order valence-electron chi connectivity index (χ1n) is 0.738. The van der Waals surface area contributed by atoms with Crippen molar-refractivity contribution >= 4 is 36.1 Å². The van der Waals surface area contributed by atoms with Crippen LogP contribution in [0.2, 0.25) is 0 Å². The van der Waals surface area contributed by atoms with Crippen molar-refractivity contribution in [1.29, 1.82) is 0 Å². The molecular weight excluding hydrogens is 223 g/mol. The smallest absolute Gasteiger partial charge is 0.199 e. The van der Waals surface area contributed by atoms with Gasteiger partial charge in [0.05, 0.1) is 0 Å². The molecule has 0 spiro atoms. The summed E-state index contributed by atoms with van der Waals surface area (Å²) in [7, 11) is 0. The van der Waals surface area contributed by atoms with Gasteiger partial charge < -0.3 is 0 Å². The maximum atomic E-state index is 8.02. The molecule has 0 rings (SSSR count). The van der Waals surface area contributed by atoms with Crippen molar-refractivity contribution in [3.63, 3.8) is 0 Å². The second-order valence-corrected chi connectivity index (χ2v) is 10.2. The third-order valence-corrected chi connectivity index (χ3v) is 0. The molecule has 5 heavy (non-hydrogen) atoms. The zero-order valence-electron chi connectivity index (χ0n) is 2.10. The van der Waals surface area contributed by atoms with Crippen molar-refractivity contribution in [2.45, 2.75) is 0 Å². The lowest BCUT2D eigenvalue weighted by molar-refractivity contribution is 0.501. The number of hydrogen-bond acceptors (Lipinski definition) is 2. The van der Waals surface area contributed by atoms with Gasteiger partial charge in [0, 0.05) is 0 Å². The van der Waals surface area contributed by atoms with Gasteiger partial charge in [-0.3, -0.25) is 0 Å². The topological polar surface area (TPSA) is 40.5 Å². The van der Waals surface area contributed by atoms with E-state index in [0.717, 1.165) is 0 Å². The minimum Gasteiger partial charge on any atom is -0.199 e. The zero-order valence-corrected chi connectivity index (χ0v) is 6.16. The van der Waals surface area contributed by atoms with Crippen LogP contribution in [-0.2, 0) is 0 Å². The molecule has 0 saturated heterocycles. The Kier molecular flexibility index (Phi) is 2.33. The molecule has 0 aromatic rings. The summed E-state index contributed by atoms with van der Waals surface area (Å²) in [6.07, 6.45) is 0. The van der Waals surface area contributed by atoms with Crippen molar-refractivity contribution in [2.24, 2.45) is 0 Å². The van der Waals surface area contributed by atoms with Gasteiger partial charge in [0.15, 0.2) is 0 Å². The Balaban J connectivity index is 3.02. The van der Waals surface area contributed by atoms with E-state index >= 15 is 0 Å². The van der Waals surface area contributed by atoms with Gasteiger partial charge in [-0.15, -0.1) is 0 Å². The van der Waals surface area contributed by atoms with Crippen molar-refractivity contribution < 1.29 is 9.79 Å². The lowest BCUT2D eigenvalue weighted by Gasteiger charge is -1.81. The summed E-state index contributed by atoms with van der Waals surface area (Å²) >= 11 is 5.03. The van der Waals surface area contributed by atoms with E-state index in [1.807, 2.05) is 0 Å². The highest BCUT2D eigenvalue weighted by atomic mass is 79.9. The monoisotopic (exact) mass is 223 g/mol. The van der Waals surface area contributed by atoms with Crippen LogP contribution in [0.1, 0.15) is 0 Å². The van der Waals surface area contributed by atoms with Crippen LogP contribution in [-0.4, -0.2) is 9.79 Å². The fourth-order valence-electron chi connectivity index (χ4n) is 0. The summed E-state index contributed by atoms with van der Waals surface area (Å²) in [6, 6.07) is 0. The summed E-state index contributed by atoms with van der Waals surface area (Å²) in [5.74, 6) is 0. The molecule has 0 aromatic carbocycles. The molecule has 0 bridgehead atoms. The molecule has 0 aliphatic carbocycles. The highest BCUT2D eigenvalue weighted by Gasteiger charge is 2.23. The van der Waals surface area contributed by atoms with Crippen molar-refractivity contribution in [1.82, 2.24) is 0 Å². The molecular formula is H2Br2O2P+. The fourth-order valence-corrected chi connectivity index (χ4v) is 0. The standard InChI is InChI=1S/Br2H2O2P/c1-5(2,3)4/h3-4H/q+1. The third kappa shape index (κ3) is 33.9. The molecule has 5 heteroatoms. The maximum Gasteiger partial charge on any atom is 0.405 e. The van der Waals surface area contributed by atoms with E-state index in [-0.39, 0.29) is 0 Å². The van der Waals surface area contributed by atoms with E-state index in [1.54, 1.807) is 0 Å². The van der Waals surface area contributed by atoms with Gasteiger partial charge in [-0.2, -0.15) is 9.79 Å². The number of rotatable bonds is 0. The normalized spacial score (nSPS) is 12.0. The molecule has 0 radical (unpaired) electrons. The Morgan fingerprint density at radius 3 is 1.20 bits per heavy atom. The first-order valence-corrected chi connectivity index (χ1v) is 6.47. The fraction of sp³-hybridized carbons (Fsp3) is 0. The molecule has 0 aromatic heterocycles. The van der Waals surface area contributed by atoms with E-state index in [9.17, 15) is 0 Å². The number of halogens is 2. The number of hydrogen-bond donors (Lipinski definition) is 2. The Labute approximate surface area is 46.2 Å². The van der Waals surface area contributed by atoms with E-state index in [2.05, 4.69) is 31.0 Å². The first-order chi connectivity index (χ1) is 2.00. The van der Waals surface area contributed by atoms with Gasteiger partial charge in [0.2, 0.25) is 31.0 Å². The van der Waals surface area contributed by atoms with Crippen LogP contribution in [0, 0.1) is 0 Å². The summed E-state index contributed by atoms with van der Waals surface area (Å²) in [6.45, 7) is 0. The summed E-state index contributed by atoms with van der Waals surface area (Å²) in [5.41, 5.74) is 0. The van der Waals surface area contributed by atoms with Gasteiger partial charge in [-0.25, -0.2) is 0 Å². The molecule has 0 heterocycles. The quantitative estimate of drug-likeness (QED) is 0.612. The molecule has 0 atom stereocenters. The Hall–Kier alpha value is 1.31. The summed E-state index contributed by atoms with van der Waals surface area (Å²) in [4.78, 5) is 16.0. The van der Waals surface area contributed by atoms with Crippen molar-refractivity contribution in [3.8, 4) is 0 Å². The average Bonchev–Trinajstić information content (AvgIpc) is 0.722. The molecule has 0 amide bonds. The van der Waals surface area contributed by atoms with Gasteiger partial charge >= 0.3 is 5.12 Å². The predicted molar refractivity (Wildman–Crippen MR) is 29.2 cm³/mol. The van der Waals surface area contributed by atoms with Gasteiger partial charge in [-0.1, -0.05) is 0 Å². The van der Waals surface area contributed by atoms with Crippen LogP contribution in [0.15, 0.2) is 0 Å². The summed E-state index contributed by atoms with van der Waals surface area (Å²) < 4.78 is 0. The predicted octanol–water partition coefficient (Wildman–Crippen LogP) is 1.44. The second kappa shape index (κ2) is 1.85. The molecule has 2 nitrogen and oxygen atoms in total. The van der Waals surface area contributed by atoms with Crippen LogP contribution in [0.4, 0.5) is 0 Å². The summed E-state index contributed by atoms with van der Waals surface area (Å²) in [5, 5.41) is -2.76. The molecule has 0 saturated carbocycles. The maximum absolute atomic E-state index is 8.02. The van der Waals surface area contributed by atoms with E-state index < -0.39 is 5.12 Å². The molecule has 0 aliphatic heterocycles. The first kappa shape index (κ1) is 6.31. The highest BCUT2D eigenvalue weighted by molar-refractivity contribution is 9.71. The SMILES string of the molecule is O[P+](O)(Br)Br. The van der Waals surface area contributed by atoms with Crippen molar-refractivity contribution in [2.75, 3.05) is 0 Å². The van der Waals surface area contributed by atoms with E-state index in [0.29, 0.717) is 0 Å². The molecule has 0 unspecified atom stereocenters. The van der Waals surface area contributed by atoms with E-state index in [1.165, 1.54) is 0 Å². The molecule has 32 valence electrons. The zero-order chi connectivity index (χ0) is 4.50.